The van der Waals surface area contributed by atoms with Gasteiger partial charge in [0.1, 0.15) is 12.1 Å². The second-order valence-corrected chi connectivity index (χ2v) is 3.65. The molecule has 1 aromatic heterocycles. The Morgan fingerprint density at radius 3 is 2.75 bits per heavy atom. The van der Waals surface area contributed by atoms with Crippen molar-refractivity contribution in [3.05, 3.63) is 17.6 Å². The third-order valence-corrected chi connectivity index (χ3v) is 2.32. The molecule has 0 aliphatic heterocycles. The lowest BCUT2D eigenvalue weighted by molar-refractivity contribution is -0.118. The van der Waals surface area contributed by atoms with Crippen molar-refractivity contribution in [1.82, 2.24) is 9.97 Å². The highest BCUT2D eigenvalue weighted by atomic mass is 16.5. The number of carbonyl (C=O) groups excluding carboxylic acids is 1. The maximum atomic E-state index is 11.5. The van der Waals surface area contributed by atoms with Gasteiger partial charge in [0.2, 0.25) is 5.88 Å². The maximum absolute atomic E-state index is 11.5. The summed E-state index contributed by atoms with van der Waals surface area (Å²) >= 11 is 0. The highest BCUT2D eigenvalue weighted by Crippen LogP contribution is 2.17. The largest absolute Gasteiger partial charge is 0.478 e. The van der Waals surface area contributed by atoms with Gasteiger partial charge in [0, 0.05) is 18.4 Å². The van der Waals surface area contributed by atoms with Gasteiger partial charge < -0.3 is 4.74 Å². The van der Waals surface area contributed by atoms with Crippen LogP contribution in [0.3, 0.4) is 0 Å². The lowest BCUT2D eigenvalue weighted by Gasteiger charge is -2.08. The zero-order valence-electron chi connectivity index (χ0n) is 10.1. The summed E-state index contributed by atoms with van der Waals surface area (Å²) in [4.78, 5) is 19.7. The molecule has 0 unspecified atom stereocenters. The molecule has 88 valence electrons. The molecule has 1 aromatic rings. The van der Waals surface area contributed by atoms with E-state index in [9.17, 15) is 4.79 Å². The average molecular weight is 222 g/mol. The quantitative estimate of drug-likeness (QED) is 0.739. The molecule has 0 saturated carbocycles. The Balaban J connectivity index is 2.80. The summed E-state index contributed by atoms with van der Waals surface area (Å²) in [7, 11) is 0. The number of hydrogen-bond donors (Lipinski definition) is 0. The number of ketones is 1. The molecule has 0 bridgehead atoms. The first kappa shape index (κ1) is 12.6. The first-order valence-electron chi connectivity index (χ1n) is 5.64. The van der Waals surface area contributed by atoms with Crippen LogP contribution in [0, 0.1) is 6.92 Å². The molecule has 0 aliphatic carbocycles. The minimum Gasteiger partial charge on any atom is -0.478 e. The predicted molar refractivity (Wildman–Crippen MR) is 61.6 cm³/mol. The number of hydrogen-bond acceptors (Lipinski definition) is 4. The summed E-state index contributed by atoms with van der Waals surface area (Å²) < 4.78 is 5.36. The summed E-state index contributed by atoms with van der Waals surface area (Å²) in [5.74, 6) is 0.795. The van der Waals surface area contributed by atoms with E-state index in [-0.39, 0.29) is 5.78 Å². The summed E-state index contributed by atoms with van der Waals surface area (Å²) in [5.41, 5.74) is 1.64. The Morgan fingerprint density at radius 1 is 1.38 bits per heavy atom. The van der Waals surface area contributed by atoms with Crippen molar-refractivity contribution >= 4 is 5.78 Å². The molecule has 0 radical (unpaired) electrons. The number of ether oxygens (including phenoxy) is 1. The van der Waals surface area contributed by atoms with E-state index < -0.39 is 0 Å². The van der Waals surface area contributed by atoms with Gasteiger partial charge in [-0.2, -0.15) is 0 Å². The van der Waals surface area contributed by atoms with Gasteiger partial charge in [0.25, 0.3) is 0 Å². The molecular weight excluding hydrogens is 204 g/mol. The number of rotatable bonds is 6. The van der Waals surface area contributed by atoms with Crippen molar-refractivity contribution in [1.29, 1.82) is 0 Å². The highest BCUT2D eigenvalue weighted by molar-refractivity contribution is 5.80. The van der Waals surface area contributed by atoms with E-state index >= 15 is 0 Å². The van der Waals surface area contributed by atoms with E-state index in [1.165, 1.54) is 6.33 Å². The minimum atomic E-state index is 0.215. The molecule has 1 heterocycles. The predicted octanol–water partition coefficient (Wildman–Crippen LogP) is 2.10. The van der Waals surface area contributed by atoms with Crippen LogP contribution in [0.1, 0.15) is 37.9 Å². The normalized spacial score (nSPS) is 10.2. The van der Waals surface area contributed by atoms with Crippen LogP contribution in [0.15, 0.2) is 6.33 Å². The Labute approximate surface area is 96.1 Å². The van der Waals surface area contributed by atoms with E-state index in [4.69, 9.17) is 4.74 Å². The van der Waals surface area contributed by atoms with Crippen LogP contribution < -0.4 is 4.74 Å². The van der Waals surface area contributed by atoms with Crippen LogP contribution in [0.4, 0.5) is 0 Å². The summed E-state index contributed by atoms with van der Waals surface area (Å²) in [6.07, 6.45) is 3.31. The van der Waals surface area contributed by atoms with Crippen LogP contribution in [-0.4, -0.2) is 22.4 Å². The zero-order chi connectivity index (χ0) is 12.0. The summed E-state index contributed by atoms with van der Waals surface area (Å²) in [6.45, 7) is 6.36. The maximum Gasteiger partial charge on any atom is 0.219 e. The summed E-state index contributed by atoms with van der Waals surface area (Å²) in [5, 5.41) is 0. The van der Waals surface area contributed by atoms with Gasteiger partial charge in [-0.25, -0.2) is 9.97 Å². The molecule has 0 N–H and O–H groups in total. The van der Waals surface area contributed by atoms with E-state index in [1.807, 2.05) is 20.8 Å². The molecule has 0 atom stereocenters. The Bertz CT molecular complexity index is 364. The van der Waals surface area contributed by atoms with E-state index in [1.54, 1.807) is 0 Å². The lowest BCUT2D eigenvalue weighted by Crippen LogP contribution is -2.08. The molecule has 16 heavy (non-hydrogen) atoms. The van der Waals surface area contributed by atoms with Crippen LogP contribution in [0.25, 0.3) is 0 Å². The van der Waals surface area contributed by atoms with Gasteiger partial charge in [-0.3, -0.25) is 4.79 Å². The molecule has 0 saturated heterocycles. The van der Waals surface area contributed by atoms with Crippen molar-refractivity contribution in [2.45, 2.75) is 40.0 Å². The second-order valence-electron chi connectivity index (χ2n) is 3.65. The number of carbonyl (C=O) groups is 1. The molecular formula is C12H18N2O2. The van der Waals surface area contributed by atoms with Gasteiger partial charge in [0.05, 0.1) is 12.3 Å². The zero-order valence-corrected chi connectivity index (χ0v) is 10.1. The Morgan fingerprint density at radius 2 is 2.12 bits per heavy atom. The average Bonchev–Trinajstić information content (AvgIpc) is 2.24. The topological polar surface area (TPSA) is 52.1 Å². The lowest BCUT2D eigenvalue weighted by atomic mass is 10.1. The molecule has 0 amide bonds. The molecule has 0 fully saturated rings. The first-order valence-corrected chi connectivity index (χ1v) is 5.64. The minimum absolute atomic E-state index is 0.215. The number of nitrogens with zero attached hydrogens (tertiary/aromatic N) is 2. The van der Waals surface area contributed by atoms with Gasteiger partial charge in [0.15, 0.2) is 0 Å². The van der Waals surface area contributed by atoms with Crippen LogP contribution in [-0.2, 0) is 11.2 Å². The van der Waals surface area contributed by atoms with Crippen molar-refractivity contribution in [3.63, 3.8) is 0 Å². The molecule has 1 rings (SSSR count). The smallest absolute Gasteiger partial charge is 0.219 e. The number of Topliss-reactive ketones (excluding diaryl/α,β-unsaturated/α-hetero) is 1. The Kier molecular flexibility index (Phi) is 4.89. The van der Waals surface area contributed by atoms with Crippen molar-refractivity contribution in [3.8, 4) is 5.88 Å². The van der Waals surface area contributed by atoms with Gasteiger partial charge >= 0.3 is 0 Å². The highest BCUT2D eigenvalue weighted by Gasteiger charge is 2.11. The molecule has 0 spiro atoms. The standard InChI is InChI=1S/C12H18N2O2/c1-4-6-10(15)7-11-9(3)12(16-5-2)14-8-13-11/h8H,4-7H2,1-3H3. The summed E-state index contributed by atoms with van der Waals surface area (Å²) in [6, 6.07) is 0. The van der Waals surface area contributed by atoms with Gasteiger partial charge in [-0.05, 0) is 20.3 Å². The first-order chi connectivity index (χ1) is 7.69. The van der Waals surface area contributed by atoms with Gasteiger partial charge in [-0.1, -0.05) is 6.92 Å². The second kappa shape index (κ2) is 6.20. The van der Waals surface area contributed by atoms with Gasteiger partial charge in [-0.15, -0.1) is 0 Å². The van der Waals surface area contributed by atoms with Crippen LogP contribution in [0.5, 0.6) is 5.88 Å². The third kappa shape index (κ3) is 3.29. The molecule has 4 nitrogen and oxygen atoms in total. The SMILES string of the molecule is CCCC(=O)Cc1ncnc(OCC)c1C. The fourth-order valence-corrected chi connectivity index (χ4v) is 1.48. The van der Waals surface area contributed by atoms with Crippen LogP contribution in [0.2, 0.25) is 0 Å². The van der Waals surface area contributed by atoms with E-state index in [0.29, 0.717) is 25.3 Å². The fraction of sp³-hybridized carbons (Fsp3) is 0.583. The molecule has 0 aliphatic rings. The van der Waals surface area contributed by atoms with Crippen molar-refractivity contribution in [2.24, 2.45) is 0 Å². The fourth-order valence-electron chi connectivity index (χ4n) is 1.48. The van der Waals surface area contributed by atoms with Crippen LogP contribution >= 0.6 is 0 Å². The van der Waals surface area contributed by atoms with Crippen molar-refractivity contribution in [2.75, 3.05) is 6.61 Å². The Hall–Kier alpha value is -1.45. The third-order valence-electron chi connectivity index (χ3n) is 2.32. The number of aromatic nitrogens is 2. The van der Waals surface area contributed by atoms with E-state index in [2.05, 4.69) is 9.97 Å². The van der Waals surface area contributed by atoms with Crippen molar-refractivity contribution < 1.29 is 9.53 Å². The molecule has 0 aromatic carbocycles. The van der Waals surface area contributed by atoms with E-state index in [0.717, 1.165) is 17.7 Å². The monoisotopic (exact) mass is 222 g/mol. The molecule has 4 heteroatoms.